The van der Waals surface area contributed by atoms with E-state index >= 15 is 0 Å². The van der Waals surface area contributed by atoms with Crippen molar-refractivity contribution in [3.05, 3.63) is 61.5 Å². The number of aryl methyl sites for hydroxylation is 1. The molecule has 20 heavy (non-hydrogen) atoms. The third-order valence-electron chi connectivity index (χ3n) is 2.89. The van der Waals surface area contributed by atoms with Crippen molar-refractivity contribution in [3.63, 3.8) is 0 Å². The second-order valence-electron chi connectivity index (χ2n) is 4.21. The topological polar surface area (TPSA) is 77.2 Å². The molecular formula is C13H12IN3O3. The lowest BCUT2D eigenvalue weighted by atomic mass is 10.2. The second kappa shape index (κ2) is 6.04. The molecule has 0 saturated carbocycles. The maximum absolute atomic E-state index is 12.1. The summed E-state index contributed by atoms with van der Waals surface area (Å²) in [6.07, 6.45) is 1.89. The molecule has 6 nitrogen and oxygen atoms in total. The molecule has 104 valence electrons. The third-order valence-corrected chi connectivity index (χ3v) is 3.83. The minimum atomic E-state index is -0.510. The number of aromatic nitrogens is 1. The number of carbonyl (C=O) groups excluding carboxylic acids is 1. The molecule has 0 saturated heterocycles. The molecule has 0 atom stereocenters. The highest BCUT2D eigenvalue weighted by Crippen LogP contribution is 2.19. The van der Waals surface area contributed by atoms with Gasteiger partial charge in [0.25, 0.3) is 11.6 Å². The zero-order chi connectivity index (χ0) is 14.7. The number of amides is 1. The zero-order valence-corrected chi connectivity index (χ0v) is 12.8. The first-order valence-corrected chi connectivity index (χ1v) is 6.89. The van der Waals surface area contributed by atoms with Crippen LogP contribution in [0, 0.1) is 13.7 Å². The molecule has 1 aromatic carbocycles. The van der Waals surface area contributed by atoms with E-state index in [9.17, 15) is 14.9 Å². The number of hydrogen-bond acceptors (Lipinski definition) is 3. The molecule has 0 spiro atoms. The summed E-state index contributed by atoms with van der Waals surface area (Å²) >= 11 is 1.99. The number of non-ortho nitro benzene ring substituents is 1. The van der Waals surface area contributed by atoms with Gasteiger partial charge >= 0.3 is 0 Å². The summed E-state index contributed by atoms with van der Waals surface area (Å²) in [6.45, 7) is 0.376. The highest BCUT2D eigenvalue weighted by Gasteiger charge is 2.15. The van der Waals surface area contributed by atoms with Gasteiger partial charge in [-0.05, 0) is 40.8 Å². The van der Waals surface area contributed by atoms with Crippen LogP contribution in [0.5, 0.6) is 0 Å². The molecule has 1 N–H and O–H groups in total. The molecule has 2 rings (SSSR count). The van der Waals surface area contributed by atoms with E-state index in [2.05, 4.69) is 5.32 Å². The fraction of sp³-hybridized carbons (Fsp3) is 0.154. The van der Waals surface area contributed by atoms with E-state index in [1.165, 1.54) is 12.1 Å². The van der Waals surface area contributed by atoms with Crippen molar-refractivity contribution in [1.82, 2.24) is 9.88 Å². The monoisotopic (exact) mass is 385 g/mol. The number of nitrogens with zero attached hydrogens (tertiary/aromatic N) is 2. The van der Waals surface area contributed by atoms with Gasteiger partial charge in [0.2, 0.25) is 0 Å². The Bertz CT molecular complexity index is 667. The molecular weight excluding hydrogens is 373 g/mol. The number of benzene rings is 1. The molecule has 0 aliphatic heterocycles. The molecule has 7 heteroatoms. The number of nitro benzene ring substituents is 1. The summed E-state index contributed by atoms with van der Waals surface area (Å²) < 4.78 is 2.58. The van der Waals surface area contributed by atoms with Crippen LogP contribution in [0.4, 0.5) is 5.69 Å². The van der Waals surface area contributed by atoms with Crippen LogP contribution >= 0.6 is 22.6 Å². The smallest absolute Gasteiger partial charge is 0.270 e. The van der Waals surface area contributed by atoms with Crippen LogP contribution in [0.1, 0.15) is 16.1 Å². The number of nitro groups is 1. The van der Waals surface area contributed by atoms with Crippen molar-refractivity contribution < 1.29 is 9.72 Å². The maximum Gasteiger partial charge on any atom is 0.270 e. The number of rotatable bonds is 4. The van der Waals surface area contributed by atoms with Crippen molar-refractivity contribution in [2.45, 2.75) is 6.54 Å². The van der Waals surface area contributed by atoms with Gasteiger partial charge in [-0.25, -0.2) is 0 Å². The van der Waals surface area contributed by atoms with Gasteiger partial charge in [0.15, 0.2) is 0 Å². The Morgan fingerprint density at radius 1 is 1.45 bits per heavy atom. The number of nitrogens with one attached hydrogen (secondary N) is 1. The molecule has 2 aromatic rings. The Labute approximate surface area is 129 Å². The van der Waals surface area contributed by atoms with Crippen molar-refractivity contribution in [2.24, 2.45) is 7.05 Å². The van der Waals surface area contributed by atoms with E-state index in [1.54, 1.807) is 6.07 Å². The van der Waals surface area contributed by atoms with E-state index in [-0.39, 0.29) is 11.6 Å². The van der Waals surface area contributed by atoms with Gasteiger partial charge in [-0.15, -0.1) is 0 Å². The SMILES string of the molecule is Cn1cccc1CNC(=O)c1cc([N+](=O)[O-])ccc1I. The van der Waals surface area contributed by atoms with Crippen molar-refractivity contribution in [3.8, 4) is 0 Å². The highest BCUT2D eigenvalue weighted by atomic mass is 127. The summed E-state index contributed by atoms with van der Waals surface area (Å²) in [4.78, 5) is 22.3. The number of carbonyl (C=O) groups is 1. The van der Waals surface area contributed by atoms with Crippen LogP contribution < -0.4 is 5.32 Å². The molecule has 1 aromatic heterocycles. The largest absolute Gasteiger partial charge is 0.353 e. The van der Waals surface area contributed by atoms with Gasteiger partial charge in [-0.2, -0.15) is 0 Å². The number of hydrogen-bond donors (Lipinski definition) is 1. The first-order valence-electron chi connectivity index (χ1n) is 5.81. The van der Waals surface area contributed by atoms with E-state index in [4.69, 9.17) is 0 Å². The van der Waals surface area contributed by atoms with E-state index in [0.29, 0.717) is 15.7 Å². The van der Waals surface area contributed by atoms with Gasteiger partial charge < -0.3 is 9.88 Å². The average molecular weight is 385 g/mol. The van der Waals surface area contributed by atoms with Crippen LogP contribution in [-0.4, -0.2) is 15.4 Å². The van der Waals surface area contributed by atoms with Crippen LogP contribution in [0.25, 0.3) is 0 Å². The Balaban J connectivity index is 2.15. The highest BCUT2D eigenvalue weighted by molar-refractivity contribution is 14.1. The van der Waals surface area contributed by atoms with Gasteiger partial charge in [-0.1, -0.05) is 0 Å². The summed E-state index contributed by atoms with van der Waals surface area (Å²) in [5.41, 5.74) is 1.18. The molecule has 0 bridgehead atoms. The van der Waals surface area contributed by atoms with Gasteiger partial charge in [-0.3, -0.25) is 14.9 Å². The summed E-state index contributed by atoms with van der Waals surface area (Å²) in [5, 5.41) is 13.5. The van der Waals surface area contributed by atoms with E-state index in [1.807, 2.05) is 52.5 Å². The fourth-order valence-corrected chi connectivity index (χ4v) is 2.33. The van der Waals surface area contributed by atoms with Crippen LogP contribution in [0.15, 0.2) is 36.5 Å². The van der Waals surface area contributed by atoms with Gasteiger partial charge in [0, 0.05) is 34.6 Å². The first kappa shape index (κ1) is 14.5. The lowest BCUT2D eigenvalue weighted by molar-refractivity contribution is -0.384. The Hall–Kier alpha value is -1.90. The molecule has 1 heterocycles. The Morgan fingerprint density at radius 2 is 2.20 bits per heavy atom. The lowest BCUT2D eigenvalue weighted by Gasteiger charge is -2.08. The third kappa shape index (κ3) is 3.16. The first-order chi connectivity index (χ1) is 9.49. The molecule has 1 amide bonds. The molecule has 0 radical (unpaired) electrons. The fourth-order valence-electron chi connectivity index (χ4n) is 1.75. The minimum Gasteiger partial charge on any atom is -0.353 e. The maximum atomic E-state index is 12.1. The normalized spacial score (nSPS) is 10.3. The minimum absolute atomic E-state index is 0.0885. The molecule has 0 unspecified atom stereocenters. The predicted molar refractivity (Wildman–Crippen MR) is 82.4 cm³/mol. The lowest BCUT2D eigenvalue weighted by Crippen LogP contribution is -2.24. The van der Waals surface area contributed by atoms with Crippen molar-refractivity contribution in [2.75, 3.05) is 0 Å². The zero-order valence-electron chi connectivity index (χ0n) is 10.7. The molecule has 0 fully saturated rings. The summed E-state index contributed by atoms with van der Waals surface area (Å²) in [7, 11) is 1.89. The van der Waals surface area contributed by atoms with Crippen LogP contribution in [0.3, 0.4) is 0 Å². The van der Waals surface area contributed by atoms with Crippen LogP contribution in [-0.2, 0) is 13.6 Å². The standard InChI is InChI=1S/C13H12IN3O3/c1-16-6-2-3-10(16)8-15-13(18)11-7-9(17(19)20)4-5-12(11)14/h2-7H,8H2,1H3,(H,15,18). The summed E-state index contributed by atoms with van der Waals surface area (Å²) in [6, 6.07) is 8.03. The molecule has 0 aliphatic carbocycles. The Morgan fingerprint density at radius 3 is 2.80 bits per heavy atom. The quantitative estimate of drug-likeness (QED) is 0.499. The number of halogens is 1. The van der Waals surface area contributed by atoms with Crippen molar-refractivity contribution >= 4 is 34.2 Å². The summed E-state index contributed by atoms with van der Waals surface area (Å²) in [5.74, 6) is -0.320. The van der Waals surface area contributed by atoms with E-state index < -0.39 is 4.92 Å². The van der Waals surface area contributed by atoms with Crippen LogP contribution in [0.2, 0.25) is 0 Å². The van der Waals surface area contributed by atoms with Gasteiger partial charge in [0.1, 0.15) is 0 Å². The molecule has 0 aliphatic rings. The predicted octanol–water partition coefficient (Wildman–Crippen LogP) is 2.47. The second-order valence-corrected chi connectivity index (χ2v) is 5.38. The van der Waals surface area contributed by atoms with Gasteiger partial charge in [0.05, 0.1) is 17.0 Å². The Kier molecular flexibility index (Phi) is 4.38. The van der Waals surface area contributed by atoms with Crippen molar-refractivity contribution in [1.29, 1.82) is 0 Å². The average Bonchev–Trinajstić information content (AvgIpc) is 2.81. The van der Waals surface area contributed by atoms with E-state index in [0.717, 1.165) is 5.69 Å².